The van der Waals surface area contributed by atoms with E-state index in [1.165, 1.54) is 12.1 Å². The first-order valence-corrected chi connectivity index (χ1v) is 8.93. The second-order valence-electron chi connectivity index (χ2n) is 4.37. The molecule has 0 atom stereocenters. The largest absolute Gasteiger partial charge is 0.448 e. The second kappa shape index (κ2) is 5.80. The Bertz CT molecular complexity index is 457. The van der Waals surface area contributed by atoms with Crippen molar-refractivity contribution < 1.29 is 9.53 Å². The second-order valence-corrected chi connectivity index (χ2v) is 9.51. The number of hydrogen-bond donors (Lipinski definition) is 0. The molecule has 0 bridgehead atoms. The van der Waals surface area contributed by atoms with Crippen molar-refractivity contribution in [2.24, 2.45) is 0 Å². The molecule has 0 saturated carbocycles. The van der Waals surface area contributed by atoms with Crippen LogP contribution in [-0.2, 0) is 4.74 Å². The van der Waals surface area contributed by atoms with Crippen LogP contribution in [0.5, 0.6) is 0 Å². The van der Waals surface area contributed by atoms with Crippen molar-refractivity contribution in [3.8, 4) is 11.5 Å². The lowest BCUT2D eigenvalue weighted by molar-refractivity contribution is 0.0548. The molecule has 0 aliphatic rings. The summed E-state index contributed by atoms with van der Waals surface area (Å²) in [7, 11) is -1.41. The summed E-state index contributed by atoms with van der Waals surface area (Å²) in [6.07, 6.45) is 0. The highest BCUT2D eigenvalue weighted by atomic mass is 35.5. The molecule has 0 spiro atoms. The average Bonchev–Trinajstić information content (AvgIpc) is 2.24. The van der Waals surface area contributed by atoms with Gasteiger partial charge in [-0.25, -0.2) is 4.79 Å². The van der Waals surface area contributed by atoms with E-state index in [9.17, 15) is 4.79 Å². The van der Waals surface area contributed by atoms with Gasteiger partial charge in [0.25, 0.3) is 0 Å². The van der Waals surface area contributed by atoms with Crippen LogP contribution in [0, 0.1) is 11.5 Å². The Labute approximate surface area is 106 Å². The summed E-state index contributed by atoms with van der Waals surface area (Å²) in [6, 6.07) is 2.95. The van der Waals surface area contributed by atoms with Gasteiger partial charge >= 0.3 is 5.97 Å². The van der Waals surface area contributed by atoms with Gasteiger partial charge in [0.2, 0.25) is 0 Å². The molecule has 0 saturated heterocycles. The summed E-state index contributed by atoms with van der Waals surface area (Å²) in [5, 5.41) is 7.40. The Kier molecular flexibility index (Phi) is 4.67. The van der Waals surface area contributed by atoms with Crippen molar-refractivity contribution in [3.05, 3.63) is 23.0 Å². The first-order valence-electron chi connectivity index (χ1n) is 5.05. The minimum atomic E-state index is -1.41. The molecule has 1 rings (SSSR count). The molecule has 0 unspecified atom stereocenters. The Morgan fingerprint density at radius 3 is 2.65 bits per heavy atom. The van der Waals surface area contributed by atoms with Crippen molar-refractivity contribution in [2.45, 2.75) is 19.6 Å². The molecule has 4 nitrogen and oxygen atoms in total. The van der Waals surface area contributed by atoms with Crippen LogP contribution in [0.4, 0.5) is 0 Å². The van der Waals surface area contributed by atoms with Gasteiger partial charge in [-0.3, -0.25) is 0 Å². The topological polar surface area (TPSA) is 52.1 Å². The quantitative estimate of drug-likeness (QED) is 0.469. The maximum absolute atomic E-state index is 11.5. The first kappa shape index (κ1) is 13.7. The van der Waals surface area contributed by atoms with Gasteiger partial charge in [-0.2, -0.15) is 0 Å². The number of hydrogen-bond acceptors (Lipinski definition) is 4. The fraction of sp³-hybridized carbons (Fsp3) is 0.364. The van der Waals surface area contributed by atoms with Crippen LogP contribution < -0.4 is 0 Å². The molecule has 6 heteroatoms. The summed E-state index contributed by atoms with van der Waals surface area (Å²) in [4.78, 5) is 11.5. The van der Waals surface area contributed by atoms with Gasteiger partial charge in [-0.1, -0.05) is 37.2 Å². The fourth-order valence-electron chi connectivity index (χ4n) is 0.902. The number of carbonyl (C=O) groups excluding carboxylic acids is 1. The molecular formula is C11H13ClN2O2Si. The highest BCUT2D eigenvalue weighted by Crippen LogP contribution is 2.03. The third-order valence-corrected chi connectivity index (χ3v) is 2.71. The Morgan fingerprint density at radius 1 is 1.41 bits per heavy atom. The Balaban J connectivity index is 2.50. The van der Waals surface area contributed by atoms with Gasteiger partial charge in [-0.05, 0) is 12.1 Å². The predicted octanol–water partition coefficient (Wildman–Crippen LogP) is 2.17. The molecule has 17 heavy (non-hydrogen) atoms. The number of aromatic nitrogens is 2. The van der Waals surface area contributed by atoms with E-state index >= 15 is 0 Å². The summed E-state index contributed by atoms with van der Waals surface area (Å²) in [5.74, 6) is 2.29. The number of carbonyl (C=O) groups is 1. The van der Waals surface area contributed by atoms with Crippen LogP contribution in [0.15, 0.2) is 12.1 Å². The van der Waals surface area contributed by atoms with Crippen LogP contribution >= 0.6 is 11.6 Å². The lowest BCUT2D eigenvalue weighted by Crippen LogP contribution is -2.17. The van der Waals surface area contributed by atoms with Crippen molar-refractivity contribution >= 4 is 25.6 Å². The van der Waals surface area contributed by atoms with Crippen molar-refractivity contribution in [3.63, 3.8) is 0 Å². The highest BCUT2D eigenvalue weighted by molar-refractivity contribution is 6.83. The minimum absolute atomic E-state index is 0.0768. The van der Waals surface area contributed by atoms with E-state index in [1.54, 1.807) is 0 Å². The van der Waals surface area contributed by atoms with Crippen LogP contribution in [-0.4, -0.2) is 30.8 Å². The highest BCUT2D eigenvalue weighted by Gasteiger charge is 2.09. The molecule has 1 aromatic heterocycles. The smallest absolute Gasteiger partial charge is 0.359 e. The Morgan fingerprint density at radius 2 is 2.12 bits per heavy atom. The van der Waals surface area contributed by atoms with Gasteiger partial charge in [-0.15, -0.1) is 15.7 Å². The summed E-state index contributed by atoms with van der Waals surface area (Å²) in [6.45, 7) is 6.43. The molecule has 0 radical (unpaired) electrons. The molecule has 0 amide bonds. The lowest BCUT2D eigenvalue weighted by atomic mass is 10.4. The van der Waals surface area contributed by atoms with E-state index in [0.717, 1.165) is 0 Å². The van der Waals surface area contributed by atoms with E-state index in [0.29, 0.717) is 0 Å². The predicted molar refractivity (Wildman–Crippen MR) is 68.4 cm³/mol. The standard InChI is InChI=1S/C11H13ClN2O2Si/c1-17(2,3)8-4-7-16-11(15)9-5-6-10(12)14-13-9/h5-6H,7H2,1-3H3. The molecule has 0 aliphatic heterocycles. The van der Waals surface area contributed by atoms with Gasteiger partial charge in [0.15, 0.2) is 17.5 Å². The summed E-state index contributed by atoms with van der Waals surface area (Å²) < 4.78 is 4.93. The molecular weight excluding hydrogens is 256 g/mol. The van der Waals surface area contributed by atoms with Crippen molar-refractivity contribution in [1.82, 2.24) is 10.2 Å². The van der Waals surface area contributed by atoms with Crippen molar-refractivity contribution in [1.29, 1.82) is 0 Å². The van der Waals surface area contributed by atoms with E-state index < -0.39 is 14.0 Å². The average molecular weight is 269 g/mol. The summed E-state index contributed by atoms with van der Waals surface area (Å²) >= 11 is 5.55. The van der Waals surface area contributed by atoms with Crippen LogP contribution in [0.3, 0.4) is 0 Å². The van der Waals surface area contributed by atoms with Gasteiger partial charge in [0, 0.05) is 0 Å². The lowest BCUT2D eigenvalue weighted by Gasteiger charge is -2.03. The molecule has 0 N–H and O–H groups in total. The normalized spacial score (nSPS) is 10.4. The summed E-state index contributed by atoms with van der Waals surface area (Å²) in [5.41, 5.74) is 3.22. The maximum Gasteiger partial charge on any atom is 0.359 e. The van der Waals surface area contributed by atoms with Crippen molar-refractivity contribution in [2.75, 3.05) is 6.61 Å². The number of ether oxygens (including phenoxy) is 1. The monoisotopic (exact) mass is 268 g/mol. The molecule has 0 aliphatic carbocycles. The minimum Gasteiger partial charge on any atom is -0.448 e. The third kappa shape index (κ3) is 5.47. The molecule has 0 aromatic carbocycles. The van der Waals surface area contributed by atoms with Gasteiger partial charge < -0.3 is 4.74 Å². The van der Waals surface area contributed by atoms with E-state index in [2.05, 4.69) is 41.3 Å². The number of rotatable bonds is 2. The zero-order chi connectivity index (χ0) is 12.9. The van der Waals surface area contributed by atoms with E-state index in [1.807, 2.05) is 0 Å². The number of halogens is 1. The molecule has 0 fully saturated rings. The molecule has 1 heterocycles. The first-order chi connectivity index (χ1) is 7.88. The molecule has 1 aromatic rings. The zero-order valence-electron chi connectivity index (χ0n) is 9.95. The SMILES string of the molecule is C[Si](C)(C)C#CCOC(=O)c1ccc(Cl)nn1. The van der Waals surface area contributed by atoms with Crippen LogP contribution in [0.25, 0.3) is 0 Å². The van der Waals surface area contributed by atoms with Crippen LogP contribution in [0.2, 0.25) is 24.8 Å². The zero-order valence-corrected chi connectivity index (χ0v) is 11.7. The van der Waals surface area contributed by atoms with E-state index in [-0.39, 0.29) is 17.5 Å². The third-order valence-electron chi connectivity index (χ3n) is 1.58. The number of nitrogens with zero attached hydrogens (tertiary/aromatic N) is 2. The van der Waals surface area contributed by atoms with Gasteiger partial charge in [0.05, 0.1) is 0 Å². The molecule has 90 valence electrons. The van der Waals surface area contributed by atoms with Crippen LogP contribution in [0.1, 0.15) is 10.5 Å². The fourth-order valence-corrected chi connectivity index (χ4v) is 1.60. The van der Waals surface area contributed by atoms with E-state index in [4.69, 9.17) is 16.3 Å². The number of esters is 1. The Hall–Kier alpha value is -1.38. The maximum atomic E-state index is 11.5. The van der Waals surface area contributed by atoms with Gasteiger partial charge in [0.1, 0.15) is 8.07 Å².